The number of aliphatic hydroxyl groups is 1. The number of nitrogens with one attached hydrogen (secondary N) is 1. The van der Waals surface area contributed by atoms with Crippen LogP contribution in [0, 0.1) is 18.8 Å². The Morgan fingerprint density at radius 3 is 2.95 bits per heavy atom. The van der Waals surface area contributed by atoms with Crippen LogP contribution < -0.4 is 5.32 Å². The number of aliphatic hydroxyl groups excluding tert-OH is 1. The molecule has 1 heterocycles. The number of hydrogen-bond donors (Lipinski definition) is 2. The van der Waals surface area contributed by atoms with E-state index in [-0.39, 0.29) is 12.5 Å². The van der Waals surface area contributed by atoms with E-state index >= 15 is 0 Å². The number of carbonyl (C=O) groups is 1. The van der Waals surface area contributed by atoms with Crippen LogP contribution in [0.4, 0.5) is 0 Å². The second kappa shape index (κ2) is 7.28. The molecule has 0 spiro atoms. The largest absolute Gasteiger partial charge is 0.384 e. The maximum Gasteiger partial charge on any atom is 0.261 e. The summed E-state index contributed by atoms with van der Waals surface area (Å²) in [4.78, 5) is 13.5. The standard InChI is InChI=1S/C16H14ClNO2S/c1-11-8-15(21-14(11)6-3-7-19)16(20)18-10-12-4-2-5-13(17)9-12/h2,4-5,8-9,19H,7,10H2,1H3,(H,18,20). The summed E-state index contributed by atoms with van der Waals surface area (Å²) in [7, 11) is 0. The van der Waals surface area contributed by atoms with Crippen molar-refractivity contribution >= 4 is 28.8 Å². The van der Waals surface area contributed by atoms with Gasteiger partial charge < -0.3 is 10.4 Å². The maximum absolute atomic E-state index is 12.1. The molecular weight excluding hydrogens is 306 g/mol. The van der Waals surface area contributed by atoms with Crippen molar-refractivity contribution in [3.05, 3.63) is 56.2 Å². The van der Waals surface area contributed by atoms with Crippen molar-refractivity contribution < 1.29 is 9.90 Å². The maximum atomic E-state index is 12.1. The molecule has 0 bridgehead atoms. The summed E-state index contributed by atoms with van der Waals surface area (Å²) in [5, 5.41) is 12.2. The van der Waals surface area contributed by atoms with Gasteiger partial charge in [0.05, 0.1) is 9.75 Å². The Labute approximate surface area is 132 Å². The van der Waals surface area contributed by atoms with Crippen LogP contribution in [0.15, 0.2) is 30.3 Å². The van der Waals surface area contributed by atoms with E-state index in [1.54, 1.807) is 12.1 Å². The number of thiophene rings is 1. The van der Waals surface area contributed by atoms with Crippen molar-refractivity contribution in [3.63, 3.8) is 0 Å². The molecule has 0 unspecified atom stereocenters. The van der Waals surface area contributed by atoms with E-state index in [1.807, 2.05) is 25.1 Å². The molecule has 0 radical (unpaired) electrons. The summed E-state index contributed by atoms with van der Waals surface area (Å²) >= 11 is 7.23. The Bertz CT molecular complexity index is 713. The van der Waals surface area contributed by atoms with Gasteiger partial charge >= 0.3 is 0 Å². The van der Waals surface area contributed by atoms with Gasteiger partial charge in [0.1, 0.15) is 6.61 Å². The normalized spacial score (nSPS) is 9.86. The van der Waals surface area contributed by atoms with Gasteiger partial charge in [-0.25, -0.2) is 0 Å². The van der Waals surface area contributed by atoms with Crippen molar-refractivity contribution in [2.75, 3.05) is 6.61 Å². The van der Waals surface area contributed by atoms with E-state index in [9.17, 15) is 4.79 Å². The molecule has 0 fully saturated rings. The van der Waals surface area contributed by atoms with Gasteiger partial charge in [-0.1, -0.05) is 35.6 Å². The first-order chi connectivity index (χ1) is 10.1. The topological polar surface area (TPSA) is 49.3 Å². The van der Waals surface area contributed by atoms with Crippen LogP contribution in [0.2, 0.25) is 5.02 Å². The van der Waals surface area contributed by atoms with Crippen LogP contribution >= 0.6 is 22.9 Å². The molecule has 0 saturated heterocycles. The van der Waals surface area contributed by atoms with Crippen molar-refractivity contribution in [1.29, 1.82) is 0 Å². The molecule has 1 aromatic heterocycles. The van der Waals surface area contributed by atoms with Gasteiger partial charge in [-0.05, 0) is 36.2 Å². The molecule has 1 aromatic carbocycles. The molecule has 5 heteroatoms. The molecule has 0 aliphatic heterocycles. The minimum atomic E-state index is -0.187. The Balaban J connectivity index is 2.04. The Morgan fingerprint density at radius 1 is 1.43 bits per heavy atom. The highest BCUT2D eigenvalue weighted by molar-refractivity contribution is 7.14. The molecule has 2 N–H and O–H groups in total. The SMILES string of the molecule is Cc1cc(C(=O)NCc2cccc(Cl)c2)sc1C#CCO. The minimum Gasteiger partial charge on any atom is -0.384 e. The highest BCUT2D eigenvalue weighted by Gasteiger charge is 2.11. The Hall–Kier alpha value is -1.80. The van der Waals surface area contributed by atoms with Crippen LogP contribution in [-0.2, 0) is 6.54 Å². The first-order valence-corrected chi connectivity index (χ1v) is 7.52. The number of carbonyl (C=O) groups excluding carboxylic acids is 1. The predicted octanol–water partition coefficient (Wildman–Crippen LogP) is 2.98. The van der Waals surface area contributed by atoms with Gasteiger partial charge in [0.15, 0.2) is 0 Å². The number of hydrogen-bond acceptors (Lipinski definition) is 3. The molecular formula is C16H14ClNO2S. The summed E-state index contributed by atoms with van der Waals surface area (Å²) in [5.41, 5.74) is 1.89. The molecule has 108 valence electrons. The first kappa shape index (κ1) is 15.6. The first-order valence-electron chi connectivity index (χ1n) is 6.33. The van der Waals surface area contributed by atoms with Crippen LogP contribution in [0.1, 0.15) is 25.7 Å². The molecule has 0 saturated carbocycles. The summed E-state index contributed by atoms with van der Waals surface area (Å²) in [6.07, 6.45) is 0. The predicted molar refractivity (Wildman–Crippen MR) is 85.6 cm³/mol. The second-order valence-electron chi connectivity index (χ2n) is 4.40. The van der Waals surface area contributed by atoms with E-state index in [2.05, 4.69) is 17.2 Å². The van der Waals surface area contributed by atoms with Gasteiger partial charge in [0, 0.05) is 11.6 Å². The van der Waals surface area contributed by atoms with E-state index in [1.165, 1.54) is 11.3 Å². The average Bonchev–Trinajstić information content (AvgIpc) is 2.84. The van der Waals surface area contributed by atoms with Gasteiger partial charge in [-0.15, -0.1) is 11.3 Å². The number of amides is 1. The number of halogens is 1. The monoisotopic (exact) mass is 319 g/mol. The fourth-order valence-electron chi connectivity index (χ4n) is 1.75. The van der Waals surface area contributed by atoms with E-state index in [0.717, 1.165) is 16.0 Å². The molecule has 0 aliphatic rings. The zero-order valence-corrected chi connectivity index (χ0v) is 13.0. The molecule has 3 nitrogen and oxygen atoms in total. The minimum absolute atomic E-state index is 0.139. The molecule has 2 rings (SSSR count). The summed E-state index contributed by atoms with van der Waals surface area (Å²) in [6, 6.07) is 9.17. The third-order valence-corrected chi connectivity index (χ3v) is 4.15. The van der Waals surface area contributed by atoms with Gasteiger partial charge in [0.2, 0.25) is 0 Å². The average molecular weight is 320 g/mol. The zero-order valence-electron chi connectivity index (χ0n) is 11.4. The third-order valence-electron chi connectivity index (χ3n) is 2.76. The fourth-order valence-corrected chi connectivity index (χ4v) is 2.93. The van der Waals surface area contributed by atoms with Crippen LogP contribution in [0.5, 0.6) is 0 Å². The quantitative estimate of drug-likeness (QED) is 0.855. The van der Waals surface area contributed by atoms with Crippen molar-refractivity contribution in [3.8, 4) is 11.8 Å². The van der Waals surface area contributed by atoms with Crippen molar-refractivity contribution in [2.45, 2.75) is 13.5 Å². The molecule has 0 atom stereocenters. The lowest BCUT2D eigenvalue weighted by Gasteiger charge is -2.04. The lowest BCUT2D eigenvalue weighted by Crippen LogP contribution is -2.21. The summed E-state index contributed by atoms with van der Waals surface area (Å²) in [5.74, 6) is 5.29. The Morgan fingerprint density at radius 2 is 2.24 bits per heavy atom. The summed E-state index contributed by atoms with van der Waals surface area (Å²) in [6.45, 7) is 2.13. The Kier molecular flexibility index (Phi) is 5.40. The molecule has 2 aromatic rings. The van der Waals surface area contributed by atoms with Crippen LogP contribution in [-0.4, -0.2) is 17.6 Å². The van der Waals surface area contributed by atoms with Crippen LogP contribution in [0.25, 0.3) is 0 Å². The number of rotatable bonds is 3. The van der Waals surface area contributed by atoms with Crippen molar-refractivity contribution in [1.82, 2.24) is 5.32 Å². The second-order valence-corrected chi connectivity index (χ2v) is 5.88. The number of aryl methyl sites for hydroxylation is 1. The summed E-state index contributed by atoms with van der Waals surface area (Å²) < 4.78 is 0. The van der Waals surface area contributed by atoms with Gasteiger partial charge in [-0.2, -0.15) is 0 Å². The highest BCUT2D eigenvalue weighted by Crippen LogP contribution is 2.21. The van der Waals surface area contributed by atoms with Gasteiger partial charge in [0.25, 0.3) is 5.91 Å². The van der Waals surface area contributed by atoms with Crippen LogP contribution in [0.3, 0.4) is 0 Å². The van der Waals surface area contributed by atoms with E-state index < -0.39 is 0 Å². The molecule has 0 aliphatic carbocycles. The number of benzene rings is 1. The lowest BCUT2D eigenvalue weighted by atomic mass is 10.2. The van der Waals surface area contributed by atoms with Crippen molar-refractivity contribution in [2.24, 2.45) is 0 Å². The highest BCUT2D eigenvalue weighted by atomic mass is 35.5. The molecule has 1 amide bonds. The third kappa shape index (κ3) is 4.33. The molecule has 21 heavy (non-hydrogen) atoms. The van der Waals surface area contributed by atoms with E-state index in [0.29, 0.717) is 16.4 Å². The zero-order chi connectivity index (χ0) is 15.2. The smallest absolute Gasteiger partial charge is 0.261 e. The van der Waals surface area contributed by atoms with Gasteiger partial charge in [-0.3, -0.25) is 4.79 Å². The van der Waals surface area contributed by atoms with E-state index in [4.69, 9.17) is 16.7 Å². The fraction of sp³-hybridized carbons (Fsp3) is 0.188. The lowest BCUT2D eigenvalue weighted by molar-refractivity contribution is 0.0955.